The van der Waals surface area contributed by atoms with Crippen molar-refractivity contribution in [2.45, 2.75) is 6.92 Å². The molecule has 0 saturated carbocycles. The van der Waals surface area contributed by atoms with E-state index in [1.54, 1.807) is 0 Å². The number of aromatic nitrogens is 2. The lowest BCUT2D eigenvalue weighted by atomic mass is 10.2. The molecule has 144 valence electrons. The Morgan fingerprint density at radius 3 is 2.41 bits per heavy atom. The lowest BCUT2D eigenvalue weighted by Crippen LogP contribution is -2.50. The van der Waals surface area contributed by atoms with Crippen LogP contribution in [0.25, 0.3) is 0 Å². The number of nitrogens with one attached hydrogen (secondary N) is 2. The Morgan fingerprint density at radius 1 is 1.04 bits per heavy atom. The molecule has 1 fully saturated rings. The number of nitrogens with zero attached hydrogens (tertiary/aromatic N) is 4. The SMILES string of the molecule is CCNc1ccc(N2CCN(C(=O)Nc3ccc(F)c(F)c3F)CC2)nn1. The van der Waals surface area contributed by atoms with Gasteiger partial charge in [-0.05, 0) is 31.2 Å². The molecular formula is C17H19F3N6O. The van der Waals surface area contributed by atoms with Crippen LogP contribution in [-0.2, 0) is 0 Å². The zero-order valence-corrected chi connectivity index (χ0v) is 14.7. The minimum Gasteiger partial charge on any atom is -0.369 e. The predicted octanol–water partition coefficient (Wildman–Crippen LogP) is 2.68. The van der Waals surface area contributed by atoms with Gasteiger partial charge in [-0.25, -0.2) is 18.0 Å². The number of carbonyl (C=O) groups is 1. The zero-order chi connectivity index (χ0) is 19.4. The normalized spacial score (nSPS) is 14.2. The van der Waals surface area contributed by atoms with Gasteiger partial charge in [0.25, 0.3) is 0 Å². The molecule has 1 aliphatic rings. The molecule has 0 aliphatic carbocycles. The van der Waals surface area contributed by atoms with Gasteiger partial charge in [-0.15, -0.1) is 10.2 Å². The number of urea groups is 1. The average Bonchev–Trinajstić information content (AvgIpc) is 2.69. The first-order valence-corrected chi connectivity index (χ1v) is 8.51. The molecule has 2 amide bonds. The third-order valence-corrected chi connectivity index (χ3v) is 4.18. The number of amides is 2. The topological polar surface area (TPSA) is 73.4 Å². The maximum Gasteiger partial charge on any atom is 0.322 e. The van der Waals surface area contributed by atoms with E-state index in [1.165, 1.54) is 4.90 Å². The molecule has 2 N–H and O–H groups in total. The van der Waals surface area contributed by atoms with Gasteiger partial charge >= 0.3 is 6.03 Å². The molecule has 0 unspecified atom stereocenters. The van der Waals surface area contributed by atoms with Gasteiger partial charge < -0.3 is 20.4 Å². The molecule has 0 atom stereocenters. The number of rotatable bonds is 4. The van der Waals surface area contributed by atoms with E-state index >= 15 is 0 Å². The average molecular weight is 380 g/mol. The number of hydrogen-bond acceptors (Lipinski definition) is 5. The molecule has 10 heteroatoms. The highest BCUT2D eigenvalue weighted by molar-refractivity contribution is 5.89. The molecule has 1 aromatic heterocycles. The number of carbonyl (C=O) groups excluding carboxylic acids is 1. The van der Waals surface area contributed by atoms with E-state index in [1.807, 2.05) is 24.0 Å². The van der Waals surface area contributed by atoms with Crippen LogP contribution in [-0.4, -0.2) is 53.9 Å². The van der Waals surface area contributed by atoms with Gasteiger partial charge in [-0.2, -0.15) is 0 Å². The first kappa shape index (κ1) is 18.7. The molecule has 2 heterocycles. The third-order valence-electron chi connectivity index (χ3n) is 4.18. The van der Waals surface area contributed by atoms with Crippen LogP contribution >= 0.6 is 0 Å². The summed E-state index contributed by atoms with van der Waals surface area (Å²) < 4.78 is 39.9. The van der Waals surface area contributed by atoms with E-state index in [9.17, 15) is 18.0 Å². The summed E-state index contributed by atoms with van der Waals surface area (Å²) in [5.41, 5.74) is -0.397. The van der Waals surface area contributed by atoms with Crippen LogP contribution in [0.15, 0.2) is 24.3 Å². The Morgan fingerprint density at radius 2 is 1.78 bits per heavy atom. The van der Waals surface area contributed by atoms with Gasteiger partial charge in [0.1, 0.15) is 5.82 Å². The summed E-state index contributed by atoms with van der Waals surface area (Å²) in [5.74, 6) is -2.95. The van der Waals surface area contributed by atoms with Gasteiger partial charge in [-0.1, -0.05) is 0 Å². The van der Waals surface area contributed by atoms with Crippen molar-refractivity contribution >= 4 is 23.4 Å². The molecule has 0 bridgehead atoms. The van der Waals surface area contributed by atoms with E-state index in [2.05, 4.69) is 20.8 Å². The Hall–Kier alpha value is -3.04. The number of piperazine rings is 1. The minimum atomic E-state index is -1.61. The Labute approximate surface area is 154 Å². The summed E-state index contributed by atoms with van der Waals surface area (Å²) >= 11 is 0. The van der Waals surface area contributed by atoms with Crippen molar-refractivity contribution in [3.8, 4) is 0 Å². The van der Waals surface area contributed by atoms with Crippen molar-refractivity contribution < 1.29 is 18.0 Å². The van der Waals surface area contributed by atoms with E-state index < -0.39 is 29.2 Å². The molecule has 1 aromatic carbocycles. The maximum absolute atomic E-state index is 13.7. The van der Waals surface area contributed by atoms with E-state index in [0.717, 1.165) is 18.7 Å². The summed E-state index contributed by atoms with van der Waals surface area (Å²) in [7, 11) is 0. The van der Waals surface area contributed by atoms with Gasteiger partial charge in [0.15, 0.2) is 23.3 Å². The van der Waals surface area contributed by atoms with Crippen LogP contribution in [0.5, 0.6) is 0 Å². The van der Waals surface area contributed by atoms with Crippen molar-refractivity contribution in [3.63, 3.8) is 0 Å². The van der Waals surface area contributed by atoms with Gasteiger partial charge in [0.05, 0.1) is 5.69 Å². The smallest absolute Gasteiger partial charge is 0.322 e. The quantitative estimate of drug-likeness (QED) is 0.798. The molecule has 0 spiro atoms. The predicted molar refractivity (Wildman–Crippen MR) is 95.3 cm³/mol. The molecule has 27 heavy (non-hydrogen) atoms. The standard InChI is InChI=1S/C17H19F3N6O/c1-2-21-13-5-6-14(24-23-13)25-7-9-26(10-8-25)17(27)22-12-4-3-11(18)15(19)16(12)20/h3-6H,2,7-10H2,1H3,(H,21,23)(H,22,27). The van der Waals surface area contributed by atoms with Crippen molar-refractivity contribution in [1.82, 2.24) is 15.1 Å². The van der Waals surface area contributed by atoms with Gasteiger partial charge in [0.2, 0.25) is 0 Å². The first-order valence-electron chi connectivity index (χ1n) is 8.51. The van der Waals surface area contributed by atoms with Gasteiger partial charge in [0, 0.05) is 32.7 Å². The minimum absolute atomic E-state index is 0.369. The zero-order valence-electron chi connectivity index (χ0n) is 14.7. The number of halogens is 3. The lowest BCUT2D eigenvalue weighted by molar-refractivity contribution is 0.208. The van der Waals surface area contributed by atoms with Gasteiger partial charge in [-0.3, -0.25) is 0 Å². The summed E-state index contributed by atoms with van der Waals surface area (Å²) in [6.07, 6.45) is 0. The fraction of sp³-hybridized carbons (Fsp3) is 0.353. The van der Waals surface area contributed by atoms with Crippen LogP contribution in [0.1, 0.15) is 6.92 Å². The Balaban J connectivity index is 1.57. The van der Waals surface area contributed by atoms with Crippen LogP contribution in [0.3, 0.4) is 0 Å². The van der Waals surface area contributed by atoms with E-state index in [-0.39, 0.29) is 0 Å². The van der Waals surface area contributed by atoms with Crippen molar-refractivity contribution in [2.75, 3.05) is 48.3 Å². The lowest BCUT2D eigenvalue weighted by Gasteiger charge is -2.35. The second-order valence-electron chi connectivity index (χ2n) is 5.93. The largest absolute Gasteiger partial charge is 0.369 e. The van der Waals surface area contributed by atoms with Crippen LogP contribution in [0.2, 0.25) is 0 Å². The van der Waals surface area contributed by atoms with Crippen LogP contribution in [0, 0.1) is 17.5 Å². The maximum atomic E-state index is 13.7. The monoisotopic (exact) mass is 380 g/mol. The summed E-state index contributed by atoms with van der Waals surface area (Å²) in [5, 5.41) is 13.6. The number of benzene rings is 1. The Bertz CT molecular complexity index is 809. The summed E-state index contributed by atoms with van der Waals surface area (Å²) in [6.45, 7) is 4.49. The van der Waals surface area contributed by atoms with E-state index in [4.69, 9.17) is 0 Å². The molecule has 1 aliphatic heterocycles. The number of hydrogen-bond donors (Lipinski definition) is 2. The fourth-order valence-corrected chi connectivity index (χ4v) is 2.72. The van der Waals surface area contributed by atoms with Crippen LogP contribution in [0.4, 0.5) is 35.3 Å². The first-order chi connectivity index (χ1) is 13.0. The Kier molecular flexibility index (Phi) is 5.63. The fourth-order valence-electron chi connectivity index (χ4n) is 2.72. The molecule has 0 radical (unpaired) electrons. The molecular weight excluding hydrogens is 361 g/mol. The molecule has 3 rings (SSSR count). The van der Waals surface area contributed by atoms with Crippen molar-refractivity contribution in [3.05, 3.63) is 41.7 Å². The molecule has 2 aromatic rings. The second-order valence-corrected chi connectivity index (χ2v) is 5.93. The highest BCUT2D eigenvalue weighted by Crippen LogP contribution is 2.20. The van der Waals surface area contributed by atoms with Crippen LogP contribution < -0.4 is 15.5 Å². The second kappa shape index (κ2) is 8.11. The van der Waals surface area contributed by atoms with Crippen molar-refractivity contribution in [1.29, 1.82) is 0 Å². The number of anilines is 3. The highest BCUT2D eigenvalue weighted by Gasteiger charge is 2.23. The highest BCUT2D eigenvalue weighted by atomic mass is 19.2. The molecule has 1 saturated heterocycles. The van der Waals surface area contributed by atoms with Crippen molar-refractivity contribution in [2.24, 2.45) is 0 Å². The molecule has 7 nitrogen and oxygen atoms in total. The summed E-state index contributed by atoms with van der Waals surface area (Å²) in [4.78, 5) is 15.7. The third kappa shape index (κ3) is 4.21. The van der Waals surface area contributed by atoms with E-state index in [0.29, 0.717) is 37.8 Å². The summed E-state index contributed by atoms with van der Waals surface area (Å²) in [6, 6.07) is 4.85.